The third kappa shape index (κ3) is 2.83. The van der Waals surface area contributed by atoms with Crippen LogP contribution in [-0.4, -0.2) is 17.5 Å². The molecule has 26 heavy (non-hydrogen) atoms. The fourth-order valence-electron chi connectivity index (χ4n) is 4.02. The zero-order valence-corrected chi connectivity index (χ0v) is 14.9. The highest BCUT2D eigenvalue weighted by molar-refractivity contribution is 6.02. The molecule has 134 valence electrons. The van der Waals surface area contributed by atoms with Gasteiger partial charge in [-0.2, -0.15) is 0 Å². The molecule has 0 aliphatic carbocycles. The molecule has 1 fully saturated rings. The van der Waals surface area contributed by atoms with Gasteiger partial charge in [-0.3, -0.25) is 9.59 Å². The smallest absolute Gasteiger partial charge is 0.236 e. The second-order valence-corrected chi connectivity index (χ2v) is 7.29. The molecule has 2 heterocycles. The highest BCUT2D eigenvalue weighted by Gasteiger charge is 2.51. The number of rotatable bonds is 3. The molecule has 4 rings (SSSR count). The fraction of sp³-hybridized carbons (Fsp3) is 0.333. The van der Waals surface area contributed by atoms with Gasteiger partial charge in [-0.15, -0.1) is 0 Å². The van der Waals surface area contributed by atoms with Crippen LogP contribution in [0.3, 0.4) is 0 Å². The number of hydrogen-bond donors (Lipinski definition) is 2. The zero-order chi connectivity index (χ0) is 18.3. The van der Waals surface area contributed by atoms with E-state index in [0.717, 1.165) is 16.9 Å². The summed E-state index contributed by atoms with van der Waals surface area (Å²) in [4.78, 5) is 25.7. The summed E-state index contributed by atoms with van der Waals surface area (Å²) < 4.78 is 5.98. The Labute approximate surface area is 152 Å². The van der Waals surface area contributed by atoms with Crippen molar-refractivity contribution in [2.24, 2.45) is 5.92 Å². The van der Waals surface area contributed by atoms with Gasteiger partial charge in [0.05, 0.1) is 6.04 Å². The number of hydrogen-bond acceptors (Lipinski definition) is 3. The minimum atomic E-state index is -0.766. The average Bonchev–Trinajstić information content (AvgIpc) is 2.61. The van der Waals surface area contributed by atoms with E-state index in [2.05, 4.69) is 10.6 Å². The molecule has 5 heteroatoms. The van der Waals surface area contributed by atoms with E-state index < -0.39 is 11.6 Å². The molecule has 2 bridgehead atoms. The van der Waals surface area contributed by atoms with Gasteiger partial charge in [-0.1, -0.05) is 48.5 Å². The van der Waals surface area contributed by atoms with Crippen molar-refractivity contribution in [3.63, 3.8) is 0 Å². The second-order valence-electron chi connectivity index (χ2n) is 7.29. The van der Waals surface area contributed by atoms with Gasteiger partial charge in [0.25, 0.3) is 0 Å². The summed E-state index contributed by atoms with van der Waals surface area (Å²) >= 11 is 0. The van der Waals surface area contributed by atoms with Crippen LogP contribution in [0, 0.1) is 5.92 Å². The molecular weight excluding hydrogens is 328 g/mol. The van der Waals surface area contributed by atoms with E-state index in [0.29, 0.717) is 6.42 Å². The highest BCUT2D eigenvalue weighted by atomic mass is 16.5. The van der Waals surface area contributed by atoms with Crippen LogP contribution in [0.25, 0.3) is 0 Å². The number of amides is 2. The summed E-state index contributed by atoms with van der Waals surface area (Å²) in [7, 11) is 0. The number of fused-ring (bicyclic) bond motifs is 4. The second kappa shape index (κ2) is 6.16. The Hall–Kier alpha value is -2.82. The molecule has 2 N–H and O–H groups in total. The number of nitrogens with one attached hydrogen (secondary N) is 2. The SMILES string of the molecule is C[C@H](NC(=O)[C@H]1C(=O)N[C@@]2(C)C[C@H]1c1ccccc1O2)c1ccccc1. The van der Waals surface area contributed by atoms with Crippen molar-refractivity contribution in [3.05, 3.63) is 65.7 Å². The predicted molar refractivity (Wildman–Crippen MR) is 97.5 cm³/mol. The maximum atomic E-state index is 13.0. The summed E-state index contributed by atoms with van der Waals surface area (Å²) in [5.41, 5.74) is 1.17. The van der Waals surface area contributed by atoms with Crippen LogP contribution in [0.5, 0.6) is 5.75 Å². The Kier molecular flexibility index (Phi) is 3.94. The van der Waals surface area contributed by atoms with E-state index in [4.69, 9.17) is 4.74 Å². The summed E-state index contributed by atoms with van der Waals surface area (Å²) in [6.07, 6.45) is 0.577. The quantitative estimate of drug-likeness (QED) is 0.837. The molecule has 2 amide bonds. The average molecular weight is 350 g/mol. The first kappa shape index (κ1) is 16.6. The van der Waals surface area contributed by atoms with Gasteiger partial charge >= 0.3 is 0 Å². The molecule has 0 radical (unpaired) electrons. The lowest BCUT2D eigenvalue weighted by atomic mass is 9.74. The third-order valence-corrected chi connectivity index (χ3v) is 5.28. The summed E-state index contributed by atoms with van der Waals surface area (Å²) in [6, 6.07) is 17.2. The largest absolute Gasteiger partial charge is 0.468 e. The van der Waals surface area contributed by atoms with Crippen LogP contribution < -0.4 is 15.4 Å². The molecule has 0 spiro atoms. The Bertz CT molecular complexity index is 851. The number of ether oxygens (including phenoxy) is 1. The molecule has 2 aromatic rings. The van der Waals surface area contributed by atoms with Crippen LogP contribution >= 0.6 is 0 Å². The molecule has 2 aliphatic rings. The molecular formula is C21H22N2O3. The van der Waals surface area contributed by atoms with Crippen molar-refractivity contribution >= 4 is 11.8 Å². The van der Waals surface area contributed by atoms with Crippen molar-refractivity contribution in [2.45, 2.75) is 38.0 Å². The Morgan fingerprint density at radius 1 is 1.19 bits per heavy atom. The first-order valence-corrected chi connectivity index (χ1v) is 8.92. The zero-order valence-electron chi connectivity index (χ0n) is 14.9. The minimum Gasteiger partial charge on any atom is -0.468 e. The van der Waals surface area contributed by atoms with Crippen LogP contribution in [0.4, 0.5) is 0 Å². The molecule has 4 atom stereocenters. The lowest BCUT2D eigenvalue weighted by molar-refractivity contribution is -0.147. The minimum absolute atomic E-state index is 0.167. The third-order valence-electron chi connectivity index (χ3n) is 5.28. The van der Waals surface area contributed by atoms with E-state index >= 15 is 0 Å². The first-order valence-electron chi connectivity index (χ1n) is 8.92. The van der Waals surface area contributed by atoms with Gasteiger partial charge in [0, 0.05) is 12.3 Å². The number of benzene rings is 2. The summed E-state index contributed by atoms with van der Waals surface area (Å²) in [5.74, 6) is -0.750. The van der Waals surface area contributed by atoms with Gasteiger partial charge in [0.15, 0.2) is 5.72 Å². The Balaban J connectivity index is 1.62. The number of para-hydroxylation sites is 1. The highest BCUT2D eigenvalue weighted by Crippen LogP contribution is 2.46. The summed E-state index contributed by atoms with van der Waals surface area (Å²) in [5, 5.41) is 5.89. The number of carbonyl (C=O) groups is 2. The monoisotopic (exact) mass is 350 g/mol. The number of piperidine rings is 1. The maximum absolute atomic E-state index is 13.0. The van der Waals surface area contributed by atoms with E-state index in [1.807, 2.05) is 68.4 Å². The van der Waals surface area contributed by atoms with Crippen LogP contribution in [-0.2, 0) is 9.59 Å². The summed E-state index contributed by atoms with van der Waals surface area (Å²) in [6.45, 7) is 3.78. The maximum Gasteiger partial charge on any atom is 0.236 e. The molecule has 1 saturated heterocycles. The van der Waals surface area contributed by atoms with Crippen molar-refractivity contribution in [1.29, 1.82) is 0 Å². The first-order chi connectivity index (χ1) is 12.5. The molecule has 0 saturated carbocycles. The lowest BCUT2D eigenvalue weighted by Crippen LogP contribution is -2.63. The van der Waals surface area contributed by atoms with Crippen molar-refractivity contribution in [3.8, 4) is 5.75 Å². The lowest BCUT2D eigenvalue weighted by Gasteiger charge is -2.46. The Morgan fingerprint density at radius 2 is 1.88 bits per heavy atom. The Morgan fingerprint density at radius 3 is 2.65 bits per heavy atom. The molecule has 0 aromatic heterocycles. The molecule has 5 nitrogen and oxygen atoms in total. The van der Waals surface area contributed by atoms with Crippen LogP contribution in [0.1, 0.15) is 43.4 Å². The van der Waals surface area contributed by atoms with Gasteiger partial charge in [0.1, 0.15) is 11.7 Å². The van der Waals surface area contributed by atoms with Crippen molar-refractivity contribution in [1.82, 2.24) is 10.6 Å². The van der Waals surface area contributed by atoms with Crippen LogP contribution in [0.2, 0.25) is 0 Å². The van der Waals surface area contributed by atoms with Gasteiger partial charge in [0.2, 0.25) is 11.8 Å². The topological polar surface area (TPSA) is 67.4 Å². The molecule has 2 aromatic carbocycles. The van der Waals surface area contributed by atoms with E-state index in [9.17, 15) is 9.59 Å². The normalized spacial score (nSPS) is 27.5. The number of carbonyl (C=O) groups excluding carboxylic acids is 2. The van der Waals surface area contributed by atoms with Gasteiger partial charge < -0.3 is 15.4 Å². The van der Waals surface area contributed by atoms with E-state index in [1.165, 1.54) is 0 Å². The van der Waals surface area contributed by atoms with E-state index in [-0.39, 0.29) is 23.8 Å². The van der Waals surface area contributed by atoms with Gasteiger partial charge in [-0.05, 0) is 31.0 Å². The van der Waals surface area contributed by atoms with Crippen LogP contribution in [0.15, 0.2) is 54.6 Å². The fourth-order valence-corrected chi connectivity index (χ4v) is 4.02. The molecule has 0 unspecified atom stereocenters. The van der Waals surface area contributed by atoms with E-state index in [1.54, 1.807) is 0 Å². The van der Waals surface area contributed by atoms with Crippen molar-refractivity contribution in [2.75, 3.05) is 0 Å². The standard InChI is InChI=1S/C21H22N2O3/c1-13(14-8-4-3-5-9-14)22-19(24)18-16-12-21(2,23-20(18)25)26-17-11-7-6-10-15(16)17/h3-11,13,16,18H,12H2,1-2H3,(H,22,24)(H,23,25)/t13-,16-,18-,21+/m0/s1. The van der Waals surface area contributed by atoms with Gasteiger partial charge in [-0.25, -0.2) is 0 Å². The van der Waals surface area contributed by atoms with Crippen molar-refractivity contribution < 1.29 is 14.3 Å². The predicted octanol–water partition coefficient (Wildman–Crippen LogP) is 2.89. The molecule has 2 aliphatic heterocycles.